The summed E-state index contributed by atoms with van der Waals surface area (Å²) in [5.74, 6) is -4.75. The first-order valence-electron chi connectivity index (χ1n) is 13.5. The minimum atomic E-state index is -1.38. The van der Waals surface area contributed by atoms with E-state index in [4.69, 9.17) is 11.5 Å². The highest BCUT2D eigenvalue weighted by Gasteiger charge is 2.40. The molecule has 0 radical (unpaired) electrons. The molecular weight excluding hydrogens is 508 g/mol. The molecule has 1 saturated heterocycles. The molecule has 1 fully saturated rings. The number of nitrogens with zero attached hydrogens (tertiary/aromatic N) is 1. The van der Waals surface area contributed by atoms with Crippen LogP contribution in [0.4, 0.5) is 0 Å². The summed E-state index contributed by atoms with van der Waals surface area (Å²) in [5, 5.41) is 17.1. The number of primary amides is 1. The Hall–Kier alpha value is -3.22. The van der Waals surface area contributed by atoms with E-state index >= 15 is 0 Å². The minimum Gasteiger partial charge on any atom is -0.480 e. The summed E-state index contributed by atoms with van der Waals surface area (Å²) in [7, 11) is 0. The van der Waals surface area contributed by atoms with Crippen LogP contribution in [0.3, 0.4) is 0 Å². The molecule has 39 heavy (non-hydrogen) atoms. The van der Waals surface area contributed by atoms with Crippen LogP contribution < -0.4 is 27.4 Å². The number of carboxylic acids is 1. The maximum Gasteiger partial charge on any atom is 0.326 e. The molecule has 1 rings (SSSR count). The number of carbonyl (C=O) groups excluding carboxylic acids is 5. The van der Waals surface area contributed by atoms with Crippen molar-refractivity contribution in [3.63, 3.8) is 0 Å². The first-order valence-corrected chi connectivity index (χ1v) is 13.5. The van der Waals surface area contributed by atoms with Crippen molar-refractivity contribution < 1.29 is 33.9 Å². The van der Waals surface area contributed by atoms with Gasteiger partial charge in [0.15, 0.2) is 0 Å². The van der Waals surface area contributed by atoms with Crippen LogP contribution in [0, 0.1) is 17.8 Å². The fourth-order valence-electron chi connectivity index (χ4n) is 4.54. The Bertz CT molecular complexity index is 907. The molecule has 0 unspecified atom stereocenters. The maximum atomic E-state index is 13.5. The van der Waals surface area contributed by atoms with Crippen molar-refractivity contribution >= 4 is 35.5 Å². The number of carboxylic acid groups (broad SMARTS) is 1. The molecule has 5 atom stereocenters. The molecule has 5 amide bonds. The van der Waals surface area contributed by atoms with Crippen LogP contribution in [0.1, 0.15) is 73.6 Å². The van der Waals surface area contributed by atoms with Gasteiger partial charge < -0.3 is 37.4 Å². The zero-order valence-electron chi connectivity index (χ0n) is 23.9. The van der Waals surface area contributed by atoms with E-state index in [1.807, 2.05) is 27.7 Å². The molecule has 0 saturated carbocycles. The van der Waals surface area contributed by atoms with Gasteiger partial charge in [0.1, 0.15) is 24.2 Å². The number of nitrogens with two attached hydrogens (primary N) is 2. The molecule has 0 aromatic carbocycles. The Labute approximate surface area is 230 Å². The van der Waals surface area contributed by atoms with Gasteiger partial charge in [-0.3, -0.25) is 24.0 Å². The first-order chi connectivity index (χ1) is 18.0. The molecule has 0 aromatic heterocycles. The second-order valence-corrected chi connectivity index (χ2v) is 11.4. The Morgan fingerprint density at radius 1 is 0.872 bits per heavy atom. The number of amides is 5. The molecule has 1 aliphatic heterocycles. The fraction of sp³-hybridized carbons (Fsp3) is 0.769. The van der Waals surface area contributed by atoms with Crippen molar-refractivity contribution in [2.24, 2.45) is 29.2 Å². The summed E-state index contributed by atoms with van der Waals surface area (Å²) in [6.45, 7) is 11.1. The molecule has 1 heterocycles. The SMILES string of the molecule is CC(C)C[C@H](NC(=O)[C@@H]1CCCN1C(=O)[C@H](CC(N)=O)NC(=O)[C@@H](NC(=O)[C@@H](N)CC(C)C)C(C)C)C(=O)O. The Kier molecular flexibility index (Phi) is 13.3. The van der Waals surface area contributed by atoms with E-state index in [0.29, 0.717) is 19.3 Å². The molecular formula is C26H46N6O7. The number of likely N-dealkylation sites (tertiary alicyclic amines) is 1. The van der Waals surface area contributed by atoms with Crippen molar-refractivity contribution in [3.05, 3.63) is 0 Å². The lowest BCUT2D eigenvalue weighted by molar-refractivity contribution is -0.145. The van der Waals surface area contributed by atoms with Crippen molar-refractivity contribution in [3.8, 4) is 0 Å². The number of nitrogens with one attached hydrogen (secondary N) is 3. The normalized spacial score (nSPS) is 18.4. The Morgan fingerprint density at radius 3 is 1.95 bits per heavy atom. The molecule has 0 spiro atoms. The van der Waals surface area contributed by atoms with Crippen LogP contribution in [0.25, 0.3) is 0 Å². The lowest BCUT2D eigenvalue weighted by Gasteiger charge is -2.31. The van der Waals surface area contributed by atoms with Crippen LogP contribution in [0.2, 0.25) is 0 Å². The number of carbonyl (C=O) groups is 6. The maximum absolute atomic E-state index is 13.5. The second-order valence-electron chi connectivity index (χ2n) is 11.4. The summed E-state index contributed by atoms with van der Waals surface area (Å²) in [5.41, 5.74) is 11.3. The van der Waals surface area contributed by atoms with Gasteiger partial charge in [0.25, 0.3) is 0 Å². The molecule has 0 aliphatic carbocycles. The standard InChI is InChI=1S/C26H46N6O7/c1-13(2)10-16(27)22(34)31-21(15(5)6)24(36)29-17(12-20(28)33)25(37)32-9-7-8-19(32)23(35)30-18(26(38)39)11-14(3)4/h13-19,21H,7-12,27H2,1-6H3,(H2,28,33)(H,29,36)(H,30,35)(H,31,34)(H,38,39)/t16-,17-,18-,19-,21-/m0/s1. The quantitative estimate of drug-likeness (QED) is 0.154. The fourth-order valence-corrected chi connectivity index (χ4v) is 4.54. The average molecular weight is 555 g/mol. The van der Waals surface area contributed by atoms with Crippen LogP contribution >= 0.6 is 0 Å². The third-order valence-electron chi connectivity index (χ3n) is 6.49. The third kappa shape index (κ3) is 10.8. The van der Waals surface area contributed by atoms with E-state index < -0.39 is 72.1 Å². The van der Waals surface area contributed by atoms with Crippen molar-refractivity contribution in [2.75, 3.05) is 6.54 Å². The minimum absolute atomic E-state index is 0.0113. The van der Waals surface area contributed by atoms with Gasteiger partial charge in [-0.25, -0.2) is 4.79 Å². The van der Waals surface area contributed by atoms with Gasteiger partial charge in [-0.05, 0) is 43.4 Å². The highest BCUT2D eigenvalue weighted by Crippen LogP contribution is 2.20. The number of hydrogen-bond acceptors (Lipinski definition) is 7. The third-order valence-corrected chi connectivity index (χ3v) is 6.49. The number of hydrogen-bond donors (Lipinski definition) is 6. The molecule has 222 valence electrons. The van der Waals surface area contributed by atoms with Gasteiger partial charge in [-0.15, -0.1) is 0 Å². The lowest BCUT2D eigenvalue weighted by Crippen LogP contribution is -2.59. The summed E-state index contributed by atoms with van der Waals surface area (Å²) < 4.78 is 0. The Balaban J connectivity index is 3.07. The van der Waals surface area contributed by atoms with E-state index in [1.165, 1.54) is 4.90 Å². The number of rotatable bonds is 15. The number of aliphatic carboxylic acids is 1. The summed E-state index contributed by atoms with van der Waals surface area (Å²) in [6.07, 6.45) is 0.874. The van der Waals surface area contributed by atoms with Crippen molar-refractivity contribution in [1.82, 2.24) is 20.9 Å². The van der Waals surface area contributed by atoms with E-state index in [-0.39, 0.29) is 30.7 Å². The molecule has 8 N–H and O–H groups in total. The monoisotopic (exact) mass is 554 g/mol. The van der Waals surface area contributed by atoms with E-state index in [9.17, 15) is 33.9 Å². The molecule has 0 aromatic rings. The van der Waals surface area contributed by atoms with Gasteiger partial charge in [0.2, 0.25) is 29.5 Å². The average Bonchev–Trinajstić information content (AvgIpc) is 3.29. The van der Waals surface area contributed by atoms with Gasteiger partial charge in [0.05, 0.1) is 12.5 Å². The van der Waals surface area contributed by atoms with Crippen LogP contribution in [0.5, 0.6) is 0 Å². The summed E-state index contributed by atoms with van der Waals surface area (Å²) >= 11 is 0. The van der Waals surface area contributed by atoms with Crippen LogP contribution in [-0.4, -0.2) is 82.3 Å². The largest absolute Gasteiger partial charge is 0.480 e. The van der Waals surface area contributed by atoms with E-state index in [0.717, 1.165) is 0 Å². The Morgan fingerprint density at radius 2 is 1.46 bits per heavy atom. The first kappa shape index (κ1) is 33.8. The van der Waals surface area contributed by atoms with E-state index in [2.05, 4.69) is 16.0 Å². The molecule has 13 nitrogen and oxygen atoms in total. The predicted octanol–water partition coefficient (Wildman–Crippen LogP) is -0.533. The topological polar surface area (TPSA) is 214 Å². The highest BCUT2D eigenvalue weighted by atomic mass is 16.4. The smallest absolute Gasteiger partial charge is 0.326 e. The van der Waals surface area contributed by atoms with Crippen molar-refractivity contribution in [2.45, 2.75) is 104 Å². The molecule has 0 bridgehead atoms. The molecule has 1 aliphatic rings. The zero-order chi connectivity index (χ0) is 30.0. The van der Waals surface area contributed by atoms with Crippen molar-refractivity contribution in [1.29, 1.82) is 0 Å². The highest BCUT2D eigenvalue weighted by molar-refractivity contribution is 5.97. The summed E-state index contributed by atoms with van der Waals surface area (Å²) in [6, 6.07) is -5.32. The summed E-state index contributed by atoms with van der Waals surface area (Å²) in [4.78, 5) is 76.8. The van der Waals surface area contributed by atoms with Crippen LogP contribution in [0.15, 0.2) is 0 Å². The van der Waals surface area contributed by atoms with Gasteiger partial charge in [-0.1, -0.05) is 41.5 Å². The van der Waals surface area contributed by atoms with Crippen LogP contribution in [-0.2, 0) is 28.8 Å². The van der Waals surface area contributed by atoms with Gasteiger partial charge >= 0.3 is 5.97 Å². The second kappa shape index (κ2) is 15.4. The lowest BCUT2D eigenvalue weighted by atomic mass is 10.00. The van der Waals surface area contributed by atoms with Gasteiger partial charge in [0, 0.05) is 6.54 Å². The van der Waals surface area contributed by atoms with Gasteiger partial charge in [-0.2, -0.15) is 0 Å². The molecule has 13 heteroatoms. The zero-order valence-corrected chi connectivity index (χ0v) is 23.9. The van der Waals surface area contributed by atoms with E-state index in [1.54, 1.807) is 13.8 Å². The predicted molar refractivity (Wildman–Crippen MR) is 144 cm³/mol.